The van der Waals surface area contributed by atoms with Crippen LogP contribution in [-0.2, 0) is 4.79 Å². The van der Waals surface area contributed by atoms with Crippen LogP contribution in [0.2, 0.25) is 0 Å². The first-order valence-corrected chi connectivity index (χ1v) is 8.36. The number of nitrogens with zero attached hydrogens (tertiary/aromatic N) is 3. The summed E-state index contributed by atoms with van der Waals surface area (Å²) in [5.74, 6) is -0.232. The van der Waals surface area contributed by atoms with Gasteiger partial charge in [-0.3, -0.25) is 19.9 Å². The first-order chi connectivity index (χ1) is 12.1. The zero-order valence-corrected chi connectivity index (χ0v) is 13.9. The van der Waals surface area contributed by atoms with Gasteiger partial charge in [-0.1, -0.05) is 0 Å². The average molecular weight is 343 g/mol. The number of fused-ring (bicyclic) bond motifs is 1. The van der Waals surface area contributed by atoms with Gasteiger partial charge in [0.2, 0.25) is 5.91 Å². The molecule has 1 fully saturated rings. The van der Waals surface area contributed by atoms with Gasteiger partial charge < -0.3 is 16.0 Å². The van der Waals surface area contributed by atoms with Crippen LogP contribution < -0.4 is 16.0 Å². The maximum atomic E-state index is 12.2. The van der Waals surface area contributed by atoms with E-state index in [4.69, 9.17) is 5.73 Å². The van der Waals surface area contributed by atoms with Gasteiger partial charge in [0, 0.05) is 32.4 Å². The Morgan fingerprint density at radius 3 is 3.04 bits per heavy atom. The number of hydrogen-bond donors (Lipinski definition) is 2. The van der Waals surface area contributed by atoms with Gasteiger partial charge in [-0.05, 0) is 37.1 Å². The molecule has 2 heterocycles. The predicted octanol–water partition coefficient (Wildman–Crippen LogP) is 1.43. The minimum atomic E-state index is -0.364. The fourth-order valence-corrected chi connectivity index (χ4v) is 3.32. The van der Waals surface area contributed by atoms with Gasteiger partial charge in [0.1, 0.15) is 5.69 Å². The molecular weight excluding hydrogens is 322 g/mol. The number of anilines is 1. The molecule has 0 aliphatic carbocycles. The Morgan fingerprint density at radius 2 is 2.28 bits per heavy atom. The van der Waals surface area contributed by atoms with Crippen molar-refractivity contribution in [3.05, 3.63) is 40.6 Å². The van der Waals surface area contributed by atoms with Crippen molar-refractivity contribution in [3.63, 3.8) is 0 Å². The summed E-state index contributed by atoms with van der Waals surface area (Å²) in [6.07, 6.45) is 3.20. The number of amides is 1. The van der Waals surface area contributed by atoms with E-state index in [1.807, 2.05) is 4.90 Å². The molecular formula is C17H21N5O3. The highest BCUT2D eigenvalue weighted by Crippen LogP contribution is 2.36. The van der Waals surface area contributed by atoms with Gasteiger partial charge in [0.15, 0.2) is 0 Å². The summed E-state index contributed by atoms with van der Waals surface area (Å²) < 4.78 is 0. The third-order valence-electron chi connectivity index (χ3n) is 4.49. The van der Waals surface area contributed by atoms with Crippen molar-refractivity contribution < 1.29 is 9.72 Å². The summed E-state index contributed by atoms with van der Waals surface area (Å²) >= 11 is 0. The molecule has 1 aliphatic rings. The van der Waals surface area contributed by atoms with Gasteiger partial charge in [-0.15, -0.1) is 0 Å². The summed E-state index contributed by atoms with van der Waals surface area (Å²) in [5.41, 5.74) is 6.61. The van der Waals surface area contributed by atoms with Crippen molar-refractivity contribution in [2.24, 2.45) is 11.7 Å². The smallest absolute Gasteiger partial charge is 0.301 e. The lowest BCUT2D eigenvalue weighted by atomic mass is 9.96. The molecule has 1 unspecified atom stereocenters. The molecule has 1 saturated heterocycles. The van der Waals surface area contributed by atoms with Crippen molar-refractivity contribution >= 4 is 28.2 Å². The standard InChI is InChI=1S/C17H21N5O3/c18-7-9-20-17(23)12-3-2-10-21(11-12)15-6-5-14-13(4-1-8-19-14)16(15)22(24)25/h1,4-6,8,12H,2-3,7,9-11,18H2,(H,20,23). The molecule has 1 aromatic carbocycles. The van der Waals surface area contributed by atoms with Crippen LogP contribution >= 0.6 is 0 Å². The van der Waals surface area contributed by atoms with E-state index in [-0.39, 0.29) is 22.4 Å². The minimum absolute atomic E-state index is 0.0414. The molecule has 1 amide bonds. The third-order valence-corrected chi connectivity index (χ3v) is 4.49. The second kappa shape index (κ2) is 7.43. The fraction of sp³-hybridized carbons (Fsp3) is 0.412. The molecule has 1 aromatic heterocycles. The number of aromatic nitrogens is 1. The Hall–Kier alpha value is -2.74. The average Bonchev–Trinajstić information content (AvgIpc) is 2.65. The summed E-state index contributed by atoms with van der Waals surface area (Å²) in [6.45, 7) is 1.98. The summed E-state index contributed by atoms with van der Waals surface area (Å²) in [5, 5.41) is 15.0. The van der Waals surface area contributed by atoms with E-state index in [1.165, 1.54) is 0 Å². The third kappa shape index (κ3) is 3.53. The van der Waals surface area contributed by atoms with E-state index < -0.39 is 0 Å². The molecule has 0 radical (unpaired) electrons. The summed E-state index contributed by atoms with van der Waals surface area (Å²) in [4.78, 5) is 29.7. The Morgan fingerprint density at radius 1 is 1.44 bits per heavy atom. The fourth-order valence-electron chi connectivity index (χ4n) is 3.32. The van der Waals surface area contributed by atoms with Crippen molar-refractivity contribution in [2.45, 2.75) is 12.8 Å². The highest BCUT2D eigenvalue weighted by Gasteiger charge is 2.30. The Bertz CT molecular complexity index is 795. The number of pyridine rings is 1. The van der Waals surface area contributed by atoms with Crippen LogP contribution in [0.25, 0.3) is 10.9 Å². The van der Waals surface area contributed by atoms with E-state index in [0.717, 1.165) is 12.8 Å². The SMILES string of the molecule is NCCNC(=O)C1CCCN(c2ccc3ncccc3c2[N+](=O)[O-])C1. The van der Waals surface area contributed by atoms with Crippen molar-refractivity contribution in [1.82, 2.24) is 10.3 Å². The van der Waals surface area contributed by atoms with Gasteiger partial charge in [0.25, 0.3) is 0 Å². The summed E-state index contributed by atoms with van der Waals surface area (Å²) in [7, 11) is 0. The number of nitro groups is 1. The number of carbonyl (C=O) groups is 1. The van der Waals surface area contributed by atoms with Gasteiger partial charge in [-0.25, -0.2) is 0 Å². The number of benzene rings is 1. The van der Waals surface area contributed by atoms with Crippen LogP contribution in [-0.4, -0.2) is 42.0 Å². The Kier molecular flexibility index (Phi) is 5.08. The van der Waals surface area contributed by atoms with Crippen LogP contribution in [0.1, 0.15) is 12.8 Å². The van der Waals surface area contributed by atoms with E-state index in [9.17, 15) is 14.9 Å². The number of nitrogens with two attached hydrogens (primary N) is 1. The normalized spacial score (nSPS) is 17.5. The number of hydrogen-bond acceptors (Lipinski definition) is 6. The molecule has 0 saturated carbocycles. The molecule has 25 heavy (non-hydrogen) atoms. The quantitative estimate of drug-likeness (QED) is 0.627. The molecule has 132 valence electrons. The second-order valence-electron chi connectivity index (χ2n) is 6.13. The van der Waals surface area contributed by atoms with Crippen LogP contribution in [0.4, 0.5) is 11.4 Å². The topological polar surface area (TPSA) is 114 Å². The molecule has 0 spiro atoms. The molecule has 1 aliphatic heterocycles. The predicted molar refractivity (Wildman–Crippen MR) is 95.4 cm³/mol. The molecule has 0 bridgehead atoms. The van der Waals surface area contributed by atoms with E-state index >= 15 is 0 Å². The molecule has 3 rings (SSSR count). The number of piperidine rings is 1. The maximum Gasteiger partial charge on any atom is 0.301 e. The zero-order chi connectivity index (χ0) is 17.8. The molecule has 2 aromatic rings. The Labute approximate surface area is 145 Å². The number of rotatable bonds is 5. The van der Waals surface area contributed by atoms with Gasteiger partial charge in [-0.2, -0.15) is 0 Å². The first-order valence-electron chi connectivity index (χ1n) is 8.36. The number of nitro benzene ring substituents is 1. The van der Waals surface area contributed by atoms with Gasteiger partial charge in [0.05, 0.1) is 21.7 Å². The molecule has 8 heteroatoms. The van der Waals surface area contributed by atoms with Crippen molar-refractivity contribution in [1.29, 1.82) is 0 Å². The van der Waals surface area contributed by atoms with E-state index in [1.54, 1.807) is 30.5 Å². The van der Waals surface area contributed by atoms with Crippen molar-refractivity contribution in [3.8, 4) is 0 Å². The van der Waals surface area contributed by atoms with E-state index in [2.05, 4.69) is 10.3 Å². The highest BCUT2D eigenvalue weighted by molar-refractivity contribution is 5.94. The number of nitrogens with one attached hydrogen (secondary N) is 1. The molecule has 1 atom stereocenters. The largest absolute Gasteiger partial charge is 0.365 e. The lowest BCUT2D eigenvalue weighted by molar-refractivity contribution is -0.382. The lowest BCUT2D eigenvalue weighted by Crippen LogP contribution is -2.44. The van der Waals surface area contributed by atoms with Crippen LogP contribution in [0, 0.1) is 16.0 Å². The van der Waals surface area contributed by atoms with E-state index in [0.29, 0.717) is 42.8 Å². The minimum Gasteiger partial charge on any atom is -0.365 e. The Balaban J connectivity index is 1.91. The highest BCUT2D eigenvalue weighted by atomic mass is 16.6. The second-order valence-corrected chi connectivity index (χ2v) is 6.13. The molecule has 3 N–H and O–H groups in total. The lowest BCUT2D eigenvalue weighted by Gasteiger charge is -2.33. The van der Waals surface area contributed by atoms with Crippen LogP contribution in [0.15, 0.2) is 30.5 Å². The first kappa shape index (κ1) is 17.1. The van der Waals surface area contributed by atoms with Gasteiger partial charge >= 0.3 is 5.69 Å². The summed E-state index contributed by atoms with van der Waals surface area (Å²) in [6, 6.07) is 6.92. The van der Waals surface area contributed by atoms with Crippen LogP contribution in [0.5, 0.6) is 0 Å². The van der Waals surface area contributed by atoms with Crippen molar-refractivity contribution in [2.75, 3.05) is 31.1 Å². The number of carbonyl (C=O) groups excluding carboxylic acids is 1. The monoisotopic (exact) mass is 343 g/mol. The van der Waals surface area contributed by atoms with Crippen LogP contribution in [0.3, 0.4) is 0 Å². The zero-order valence-electron chi connectivity index (χ0n) is 13.9. The maximum absolute atomic E-state index is 12.2. The molecule has 8 nitrogen and oxygen atoms in total.